The number of carbonyl (C=O) groups is 5. The van der Waals surface area contributed by atoms with Gasteiger partial charge in [-0.3, -0.25) is 24.2 Å². The van der Waals surface area contributed by atoms with Gasteiger partial charge in [0, 0.05) is 43.8 Å². The molecule has 0 radical (unpaired) electrons. The number of halogens is 3. The predicted octanol–water partition coefficient (Wildman–Crippen LogP) is 3.43. The van der Waals surface area contributed by atoms with E-state index in [0.29, 0.717) is 6.42 Å². The van der Waals surface area contributed by atoms with Gasteiger partial charge in [0.15, 0.2) is 5.96 Å². The van der Waals surface area contributed by atoms with Crippen LogP contribution < -0.4 is 32.7 Å². The lowest BCUT2D eigenvalue weighted by Gasteiger charge is -2.35. The Kier molecular flexibility index (Phi) is 17.7. The van der Waals surface area contributed by atoms with Gasteiger partial charge < -0.3 is 42.7 Å². The lowest BCUT2D eigenvalue weighted by atomic mass is 9.83. The molecule has 17 heteroatoms. The van der Waals surface area contributed by atoms with E-state index in [-0.39, 0.29) is 49.3 Å². The van der Waals surface area contributed by atoms with Crippen LogP contribution in [0.3, 0.4) is 0 Å². The number of anilines is 1. The summed E-state index contributed by atoms with van der Waals surface area (Å²) in [5.41, 5.74) is 18.3. The van der Waals surface area contributed by atoms with Gasteiger partial charge in [0.25, 0.3) is 0 Å². The summed E-state index contributed by atoms with van der Waals surface area (Å²) in [5.74, 6) is -6.04. The summed E-state index contributed by atoms with van der Waals surface area (Å²) in [6, 6.07) is 9.88. The minimum absolute atomic E-state index is 0.0611. The Morgan fingerprint density at radius 2 is 1.49 bits per heavy atom. The summed E-state index contributed by atoms with van der Waals surface area (Å²) >= 11 is 0. The first kappa shape index (κ1) is 46.1. The molecule has 3 atom stereocenters. The molecule has 9 N–H and O–H groups in total. The first-order chi connectivity index (χ1) is 25.6. The number of carbonyl (C=O) groups excluding carboxylic acids is 4. The second kappa shape index (κ2) is 21.1. The van der Waals surface area contributed by atoms with Gasteiger partial charge in [-0.25, -0.2) is 4.79 Å². The molecular weight excluding hydrogens is 721 g/mol. The fraction of sp³-hybridized carbons (Fsp3) is 0.579. The molecular formula is C38H57F3N8O6. The number of hydrogen-bond donors (Lipinski definition) is 6. The molecule has 0 heterocycles. The molecule has 0 spiro atoms. The number of primary amides is 1. The highest BCUT2D eigenvalue weighted by molar-refractivity contribution is 6.03. The Bertz CT molecular complexity index is 1650. The van der Waals surface area contributed by atoms with Gasteiger partial charge >= 0.3 is 12.1 Å². The fourth-order valence-corrected chi connectivity index (χ4v) is 6.82. The standard InChI is InChI=1S/C36H56N8O4.C2HF3O2/c1-22(2)44(23(3)4)35(48)28(20-24-19-26-15-10-11-16-27(26)30(21-24)43(5)6)33(46)42-31(25-13-8-7-9-14-25)34(47)41-29(32(37)45)17-12-18-40-36(38)39;3-2(4,5)1(6)7/h10-11,15-16,19,21-23,25,28-29,31H,7-9,12-14,17-18,20H2,1-6H3,(H2,37,45)(H,41,47)(H,42,46)(H4,38,39,40);(H,6,7)/t28?,29-,31-;/m0./s1. The Labute approximate surface area is 320 Å². The monoisotopic (exact) mass is 778 g/mol. The number of nitrogens with one attached hydrogen (secondary N) is 2. The zero-order valence-corrected chi connectivity index (χ0v) is 32.5. The summed E-state index contributed by atoms with van der Waals surface area (Å²) < 4.78 is 31.7. The van der Waals surface area contributed by atoms with Gasteiger partial charge in [-0.1, -0.05) is 49.6 Å². The Morgan fingerprint density at radius 1 is 0.909 bits per heavy atom. The predicted molar refractivity (Wildman–Crippen MR) is 206 cm³/mol. The van der Waals surface area contributed by atoms with Crippen LogP contribution in [0.2, 0.25) is 0 Å². The second-order valence-electron chi connectivity index (χ2n) is 14.5. The molecule has 0 saturated heterocycles. The average Bonchev–Trinajstić information content (AvgIpc) is 3.09. The molecule has 2 aromatic carbocycles. The number of carboxylic acids is 1. The summed E-state index contributed by atoms with van der Waals surface area (Å²) in [6.45, 7) is 8.01. The molecule has 2 aromatic rings. The van der Waals surface area contributed by atoms with Crippen molar-refractivity contribution in [1.29, 1.82) is 0 Å². The SMILES string of the molecule is CC(C)N(C(=O)C(Cc1cc(N(C)C)c2ccccc2c1)C(=O)N[C@H](C(=O)N[C@@H](CCCN=C(N)N)C(N)=O)C1CCCCC1)C(C)C.O=C(O)C(F)(F)F. The molecule has 1 saturated carbocycles. The largest absolute Gasteiger partial charge is 0.490 e. The van der Waals surface area contributed by atoms with Crippen molar-refractivity contribution in [3.8, 4) is 0 Å². The summed E-state index contributed by atoms with van der Waals surface area (Å²) in [5, 5.41) is 15.0. The molecule has 3 rings (SSSR count). The van der Waals surface area contributed by atoms with Crippen LogP contribution in [0.1, 0.15) is 78.2 Å². The zero-order valence-electron chi connectivity index (χ0n) is 32.5. The minimum Gasteiger partial charge on any atom is -0.475 e. The molecule has 4 amide bonds. The van der Waals surface area contributed by atoms with Gasteiger partial charge in [-0.15, -0.1) is 0 Å². The number of amides is 4. The maximum absolute atomic E-state index is 14.4. The van der Waals surface area contributed by atoms with E-state index in [1.54, 1.807) is 4.90 Å². The third kappa shape index (κ3) is 14.2. The number of guanidine groups is 1. The van der Waals surface area contributed by atoms with Crippen LogP contribution in [0, 0.1) is 11.8 Å². The van der Waals surface area contributed by atoms with E-state index in [2.05, 4.69) is 21.7 Å². The number of rotatable bonds is 16. The lowest BCUT2D eigenvalue weighted by Crippen LogP contribution is -2.58. The van der Waals surface area contributed by atoms with Crippen molar-refractivity contribution < 1.29 is 42.3 Å². The number of nitrogens with zero attached hydrogens (tertiary/aromatic N) is 3. The topological polar surface area (TPSA) is 227 Å². The normalized spacial score (nSPS) is 14.9. The van der Waals surface area contributed by atoms with E-state index in [9.17, 15) is 32.3 Å². The Morgan fingerprint density at radius 3 is 2.00 bits per heavy atom. The smallest absolute Gasteiger partial charge is 0.475 e. The molecule has 1 aliphatic carbocycles. The first-order valence-electron chi connectivity index (χ1n) is 18.4. The number of carboxylic acid groups (broad SMARTS) is 1. The van der Waals surface area contributed by atoms with Gasteiger partial charge in [-0.2, -0.15) is 13.2 Å². The van der Waals surface area contributed by atoms with Gasteiger partial charge in [0.2, 0.25) is 23.6 Å². The summed E-state index contributed by atoms with van der Waals surface area (Å²) in [6.07, 6.45) is 0.0878. The molecule has 1 fully saturated rings. The van der Waals surface area contributed by atoms with Crippen LogP contribution in [0.25, 0.3) is 10.8 Å². The van der Waals surface area contributed by atoms with E-state index in [1.807, 2.05) is 77.0 Å². The zero-order chi connectivity index (χ0) is 41.6. The van der Waals surface area contributed by atoms with E-state index in [0.717, 1.165) is 54.1 Å². The first-order valence-corrected chi connectivity index (χ1v) is 18.4. The van der Waals surface area contributed by atoms with E-state index < -0.39 is 47.9 Å². The summed E-state index contributed by atoms with van der Waals surface area (Å²) in [4.78, 5) is 71.5. The number of hydrogen-bond acceptors (Lipinski definition) is 7. The van der Waals surface area contributed by atoms with Crippen LogP contribution in [-0.4, -0.2) is 96.5 Å². The highest BCUT2D eigenvalue weighted by Gasteiger charge is 2.39. The van der Waals surface area contributed by atoms with Crippen molar-refractivity contribution in [3.63, 3.8) is 0 Å². The van der Waals surface area contributed by atoms with Gasteiger partial charge in [0.1, 0.15) is 18.0 Å². The van der Waals surface area contributed by atoms with Crippen LogP contribution in [0.4, 0.5) is 18.9 Å². The van der Waals surface area contributed by atoms with Crippen molar-refractivity contribution in [1.82, 2.24) is 15.5 Å². The maximum atomic E-state index is 14.4. The second-order valence-corrected chi connectivity index (χ2v) is 14.5. The van der Waals surface area contributed by atoms with E-state index in [1.165, 1.54) is 0 Å². The number of alkyl halides is 3. The minimum atomic E-state index is -5.08. The molecule has 14 nitrogen and oxygen atoms in total. The van der Waals surface area contributed by atoms with Crippen molar-refractivity contribution in [2.24, 2.45) is 34.0 Å². The number of aliphatic imine (C=N–C) groups is 1. The van der Waals surface area contributed by atoms with Crippen molar-refractivity contribution in [2.75, 3.05) is 25.5 Å². The van der Waals surface area contributed by atoms with Crippen LogP contribution in [0.15, 0.2) is 41.4 Å². The Balaban J connectivity index is 0.00000136. The molecule has 0 aliphatic heterocycles. The van der Waals surface area contributed by atoms with E-state index >= 15 is 0 Å². The summed E-state index contributed by atoms with van der Waals surface area (Å²) in [7, 11) is 3.93. The number of fused-ring (bicyclic) bond motifs is 1. The highest BCUT2D eigenvalue weighted by Crippen LogP contribution is 2.31. The van der Waals surface area contributed by atoms with E-state index in [4.69, 9.17) is 27.1 Å². The van der Waals surface area contributed by atoms with Crippen molar-refractivity contribution in [3.05, 3.63) is 42.0 Å². The third-order valence-electron chi connectivity index (χ3n) is 9.35. The number of aliphatic carboxylic acids is 1. The average molecular weight is 779 g/mol. The molecule has 1 aliphatic rings. The number of benzene rings is 2. The molecule has 55 heavy (non-hydrogen) atoms. The quantitative estimate of drug-likeness (QED) is 0.0634. The molecule has 0 aromatic heterocycles. The van der Waals surface area contributed by atoms with Crippen LogP contribution in [-0.2, 0) is 30.4 Å². The lowest BCUT2D eigenvalue weighted by molar-refractivity contribution is -0.192. The van der Waals surface area contributed by atoms with Crippen molar-refractivity contribution >= 4 is 52.0 Å². The van der Waals surface area contributed by atoms with Crippen LogP contribution in [0.5, 0.6) is 0 Å². The number of nitrogens with two attached hydrogens (primary N) is 3. The highest BCUT2D eigenvalue weighted by atomic mass is 19.4. The molecule has 0 bridgehead atoms. The Hall–Kier alpha value is -5.09. The molecule has 1 unspecified atom stereocenters. The fourth-order valence-electron chi connectivity index (χ4n) is 6.82. The van der Waals surface area contributed by atoms with Gasteiger partial charge in [-0.05, 0) is 82.7 Å². The van der Waals surface area contributed by atoms with Crippen LogP contribution >= 0.6 is 0 Å². The molecule has 306 valence electrons. The maximum Gasteiger partial charge on any atom is 0.490 e. The van der Waals surface area contributed by atoms with Gasteiger partial charge in [0.05, 0.1) is 0 Å². The van der Waals surface area contributed by atoms with Crippen molar-refractivity contribution in [2.45, 2.75) is 109 Å². The third-order valence-corrected chi connectivity index (χ3v) is 9.35.